The zero-order valence-corrected chi connectivity index (χ0v) is 14.2. The monoisotopic (exact) mass is 334 g/mol. The predicted octanol–water partition coefficient (Wildman–Crippen LogP) is 1.03. The van der Waals surface area contributed by atoms with E-state index >= 15 is 0 Å². The highest BCUT2D eigenvalue weighted by Gasteiger charge is 2.43. The number of carbonyl (C=O) groups is 2. The van der Waals surface area contributed by atoms with Crippen LogP contribution in [0.15, 0.2) is 12.4 Å². The second-order valence-electron chi connectivity index (χ2n) is 7.13. The van der Waals surface area contributed by atoms with Gasteiger partial charge in [0.05, 0.1) is 0 Å². The van der Waals surface area contributed by atoms with E-state index in [0.29, 0.717) is 12.8 Å². The van der Waals surface area contributed by atoms with Crippen LogP contribution in [0.2, 0.25) is 0 Å². The summed E-state index contributed by atoms with van der Waals surface area (Å²) in [5.74, 6) is 0.424. The van der Waals surface area contributed by atoms with E-state index in [0.717, 1.165) is 51.3 Å². The fraction of sp³-hybridized carbons (Fsp3) is 0.706. The van der Waals surface area contributed by atoms with E-state index in [1.165, 1.54) is 0 Å². The average molecular weight is 334 g/mol. The van der Waals surface area contributed by atoms with Gasteiger partial charge >= 0.3 is 5.97 Å². The zero-order chi connectivity index (χ0) is 17.2. The highest BCUT2D eigenvalue weighted by atomic mass is 16.4. The Kier molecular flexibility index (Phi) is 4.89. The average Bonchev–Trinajstić information content (AvgIpc) is 3.15. The van der Waals surface area contributed by atoms with Gasteiger partial charge < -0.3 is 19.9 Å². The van der Waals surface area contributed by atoms with Crippen molar-refractivity contribution in [2.75, 3.05) is 19.6 Å². The van der Waals surface area contributed by atoms with Crippen LogP contribution < -0.4 is 5.32 Å². The smallest absolute Gasteiger partial charge is 0.320 e. The van der Waals surface area contributed by atoms with E-state index in [2.05, 4.69) is 14.9 Å². The van der Waals surface area contributed by atoms with Gasteiger partial charge in [0.15, 0.2) is 0 Å². The summed E-state index contributed by atoms with van der Waals surface area (Å²) in [6.45, 7) is 5.03. The quantitative estimate of drug-likeness (QED) is 0.840. The number of amides is 1. The number of imidazole rings is 1. The van der Waals surface area contributed by atoms with Gasteiger partial charge in [-0.2, -0.15) is 0 Å². The highest BCUT2D eigenvalue weighted by Crippen LogP contribution is 2.39. The van der Waals surface area contributed by atoms with Gasteiger partial charge in [0.1, 0.15) is 11.9 Å². The number of rotatable bonds is 5. The molecule has 0 aliphatic carbocycles. The molecule has 0 saturated carbocycles. The summed E-state index contributed by atoms with van der Waals surface area (Å²) in [7, 11) is 0. The fourth-order valence-electron chi connectivity index (χ4n) is 3.90. The number of aromatic nitrogens is 2. The van der Waals surface area contributed by atoms with Crippen molar-refractivity contribution in [3.8, 4) is 0 Å². The zero-order valence-electron chi connectivity index (χ0n) is 14.2. The van der Waals surface area contributed by atoms with E-state index in [-0.39, 0.29) is 11.3 Å². The molecule has 1 unspecified atom stereocenters. The number of likely N-dealkylation sites (tertiary alicyclic amines) is 1. The first-order valence-electron chi connectivity index (χ1n) is 8.71. The normalized spacial score (nSPS) is 22.9. The summed E-state index contributed by atoms with van der Waals surface area (Å²) in [5, 5.41) is 12.2. The molecule has 2 saturated heterocycles. The molecular weight excluding hydrogens is 308 g/mol. The Morgan fingerprint density at radius 3 is 2.75 bits per heavy atom. The molecule has 1 spiro atoms. The van der Waals surface area contributed by atoms with Crippen molar-refractivity contribution < 1.29 is 14.7 Å². The molecule has 0 bridgehead atoms. The number of hydrogen-bond acceptors (Lipinski definition) is 4. The molecule has 1 amide bonds. The molecule has 0 aromatic carbocycles. The Labute approximate surface area is 142 Å². The van der Waals surface area contributed by atoms with Crippen molar-refractivity contribution in [3.05, 3.63) is 18.2 Å². The number of carbonyl (C=O) groups excluding carboxylic acids is 1. The van der Waals surface area contributed by atoms with Crippen LogP contribution in [-0.2, 0) is 16.1 Å². The number of carboxylic acid groups (broad SMARTS) is 1. The van der Waals surface area contributed by atoms with Crippen molar-refractivity contribution in [2.24, 2.45) is 5.41 Å². The summed E-state index contributed by atoms with van der Waals surface area (Å²) < 4.78 is 2.06. The second-order valence-corrected chi connectivity index (χ2v) is 7.13. The summed E-state index contributed by atoms with van der Waals surface area (Å²) in [6, 6.07) is -0.425. The second kappa shape index (κ2) is 6.93. The standard InChI is InChI=1S/C17H26N4O3/c1-13-18-6-10-20(13)7-2-3-15(22)21-8-4-17(5-9-21)11-14(16(23)24)19-12-17/h6,10,14,19H,2-5,7-9,11-12H2,1H3,(H,23,24). The molecule has 2 aliphatic rings. The Morgan fingerprint density at radius 2 is 2.17 bits per heavy atom. The molecule has 2 N–H and O–H groups in total. The molecule has 1 aromatic heterocycles. The van der Waals surface area contributed by atoms with Crippen LogP contribution in [0.4, 0.5) is 0 Å². The Bertz CT molecular complexity index is 605. The molecule has 132 valence electrons. The maximum Gasteiger partial charge on any atom is 0.320 e. The number of hydrogen-bond donors (Lipinski definition) is 2. The summed E-state index contributed by atoms with van der Waals surface area (Å²) in [6.07, 6.45) is 7.58. The van der Waals surface area contributed by atoms with Gasteiger partial charge in [-0.3, -0.25) is 9.59 Å². The van der Waals surface area contributed by atoms with Gasteiger partial charge in [0.2, 0.25) is 5.91 Å². The van der Waals surface area contributed by atoms with Crippen LogP contribution in [-0.4, -0.2) is 57.1 Å². The van der Waals surface area contributed by atoms with E-state index in [1.54, 1.807) is 6.20 Å². The molecule has 0 radical (unpaired) electrons. The van der Waals surface area contributed by atoms with Crippen LogP contribution in [0.25, 0.3) is 0 Å². The third-order valence-electron chi connectivity index (χ3n) is 5.55. The first-order valence-corrected chi connectivity index (χ1v) is 8.71. The van der Waals surface area contributed by atoms with Crippen molar-refractivity contribution in [3.63, 3.8) is 0 Å². The van der Waals surface area contributed by atoms with Crippen molar-refractivity contribution in [1.82, 2.24) is 19.8 Å². The summed E-state index contributed by atoms with van der Waals surface area (Å²) >= 11 is 0. The Morgan fingerprint density at radius 1 is 1.42 bits per heavy atom. The lowest BCUT2D eigenvalue weighted by molar-refractivity contribution is -0.139. The van der Waals surface area contributed by atoms with Crippen LogP contribution in [0.1, 0.15) is 37.9 Å². The van der Waals surface area contributed by atoms with E-state index in [4.69, 9.17) is 5.11 Å². The van der Waals surface area contributed by atoms with Gasteiger partial charge in [-0.25, -0.2) is 4.98 Å². The molecule has 3 rings (SSSR count). The maximum absolute atomic E-state index is 12.4. The minimum Gasteiger partial charge on any atom is -0.480 e. The largest absolute Gasteiger partial charge is 0.480 e. The summed E-state index contributed by atoms with van der Waals surface area (Å²) in [5.41, 5.74) is 0.0633. The fourth-order valence-corrected chi connectivity index (χ4v) is 3.90. The van der Waals surface area contributed by atoms with Crippen LogP contribution in [0, 0.1) is 12.3 Å². The molecular formula is C17H26N4O3. The van der Waals surface area contributed by atoms with E-state index < -0.39 is 12.0 Å². The number of nitrogens with one attached hydrogen (secondary N) is 1. The highest BCUT2D eigenvalue weighted by molar-refractivity contribution is 5.76. The Hall–Kier alpha value is -1.89. The van der Waals surface area contributed by atoms with Crippen molar-refractivity contribution in [1.29, 1.82) is 0 Å². The predicted molar refractivity (Wildman–Crippen MR) is 88.5 cm³/mol. The van der Waals surface area contributed by atoms with Crippen LogP contribution in [0.5, 0.6) is 0 Å². The first kappa shape index (κ1) is 17.0. The topological polar surface area (TPSA) is 87.5 Å². The first-order chi connectivity index (χ1) is 11.5. The maximum atomic E-state index is 12.4. The lowest BCUT2D eigenvalue weighted by atomic mass is 9.76. The number of nitrogens with zero attached hydrogens (tertiary/aromatic N) is 3. The van der Waals surface area contributed by atoms with Gasteiger partial charge in [-0.1, -0.05) is 0 Å². The van der Waals surface area contributed by atoms with Gasteiger partial charge in [0, 0.05) is 45.0 Å². The molecule has 24 heavy (non-hydrogen) atoms. The molecule has 2 aliphatic heterocycles. The Balaban J connectivity index is 1.42. The molecule has 3 heterocycles. The molecule has 2 fully saturated rings. The number of carboxylic acids is 1. The van der Waals surface area contributed by atoms with E-state index in [1.807, 2.05) is 18.0 Å². The van der Waals surface area contributed by atoms with Crippen molar-refractivity contribution >= 4 is 11.9 Å². The molecule has 1 atom stereocenters. The lowest BCUT2D eigenvalue weighted by Crippen LogP contribution is -2.44. The van der Waals surface area contributed by atoms with Crippen molar-refractivity contribution in [2.45, 2.75) is 51.6 Å². The molecule has 7 heteroatoms. The van der Waals surface area contributed by atoms with Crippen LogP contribution >= 0.6 is 0 Å². The minimum absolute atomic E-state index is 0.0633. The van der Waals surface area contributed by atoms with E-state index in [9.17, 15) is 9.59 Å². The third kappa shape index (κ3) is 3.61. The minimum atomic E-state index is -0.764. The van der Waals surface area contributed by atoms with Gasteiger partial charge in [-0.05, 0) is 38.0 Å². The number of piperidine rings is 1. The van der Waals surface area contributed by atoms with Crippen LogP contribution in [0.3, 0.4) is 0 Å². The summed E-state index contributed by atoms with van der Waals surface area (Å²) in [4.78, 5) is 29.6. The third-order valence-corrected chi connectivity index (χ3v) is 5.55. The number of aryl methyl sites for hydroxylation is 2. The SMILES string of the molecule is Cc1nccn1CCCC(=O)N1CCC2(CC1)CNC(C(=O)O)C2. The van der Waals surface area contributed by atoms with Gasteiger partial charge in [0.25, 0.3) is 0 Å². The lowest BCUT2D eigenvalue weighted by Gasteiger charge is -2.39. The van der Waals surface area contributed by atoms with Gasteiger partial charge in [-0.15, -0.1) is 0 Å². The molecule has 7 nitrogen and oxygen atoms in total. The number of aliphatic carboxylic acids is 1. The molecule has 1 aromatic rings.